The van der Waals surface area contributed by atoms with E-state index in [4.69, 9.17) is 4.74 Å². The monoisotopic (exact) mass is 344 g/mol. The lowest BCUT2D eigenvalue weighted by Gasteiger charge is -2.16. The van der Waals surface area contributed by atoms with E-state index in [1.54, 1.807) is 35.4 Å². The number of pyridine rings is 1. The zero-order valence-corrected chi connectivity index (χ0v) is 14.1. The second-order valence-electron chi connectivity index (χ2n) is 5.92. The van der Waals surface area contributed by atoms with Gasteiger partial charge >= 0.3 is 5.97 Å². The average Bonchev–Trinajstić information content (AvgIpc) is 3.16. The molecule has 25 heavy (non-hydrogen) atoms. The highest BCUT2D eigenvalue weighted by atomic mass is 16.6. The highest BCUT2D eigenvalue weighted by Crippen LogP contribution is 2.23. The molecule has 1 fully saturated rings. The number of rotatable bonds is 5. The summed E-state index contributed by atoms with van der Waals surface area (Å²) in [4.78, 5) is 38.0. The molecule has 1 aromatic carbocycles. The molecule has 0 radical (unpaired) electrons. The molecule has 132 valence electrons. The third-order valence-electron chi connectivity index (χ3n) is 4.32. The van der Waals surface area contributed by atoms with Gasteiger partial charge in [0.2, 0.25) is 5.91 Å². The number of amides is 1. The fraction of sp³-hybridized carbons (Fsp3) is 0.389. The highest BCUT2D eigenvalue weighted by Gasteiger charge is 2.19. The van der Waals surface area contributed by atoms with Crippen LogP contribution in [0.1, 0.15) is 12.8 Å². The van der Waals surface area contributed by atoms with Crippen LogP contribution in [-0.4, -0.2) is 48.1 Å². The Hall–Kier alpha value is -2.83. The molecular formula is C18H20N2O5. The molecule has 0 aliphatic carbocycles. The molecule has 1 aromatic heterocycles. The lowest BCUT2D eigenvalue weighted by molar-refractivity contribution is -0.142. The number of nitrogens with zero attached hydrogens (tertiary/aromatic N) is 2. The second-order valence-corrected chi connectivity index (χ2v) is 5.92. The van der Waals surface area contributed by atoms with E-state index in [0.717, 1.165) is 25.9 Å². The van der Waals surface area contributed by atoms with E-state index >= 15 is 0 Å². The summed E-state index contributed by atoms with van der Waals surface area (Å²) in [6, 6.07) is 6.77. The van der Waals surface area contributed by atoms with Gasteiger partial charge in [0.15, 0.2) is 6.61 Å². The zero-order chi connectivity index (χ0) is 17.8. The van der Waals surface area contributed by atoms with Gasteiger partial charge in [0, 0.05) is 24.7 Å². The van der Waals surface area contributed by atoms with Gasteiger partial charge in [0.25, 0.3) is 5.56 Å². The number of hydrogen-bond donors (Lipinski definition) is 0. The number of fused-ring (bicyclic) bond motifs is 1. The van der Waals surface area contributed by atoms with Gasteiger partial charge in [-0.05, 0) is 31.0 Å². The molecular weight excluding hydrogens is 324 g/mol. The quantitative estimate of drug-likeness (QED) is 0.761. The minimum atomic E-state index is -0.499. The summed E-state index contributed by atoms with van der Waals surface area (Å²) >= 11 is 0. The summed E-state index contributed by atoms with van der Waals surface area (Å²) in [6.07, 6.45) is 3.61. The number of esters is 1. The Bertz CT molecular complexity index is 852. The van der Waals surface area contributed by atoms with E-state index in [1.165, 1.54) is 11.7 Å². The van der Waals surface area contributed by atoms with Crippen LogP contribution in [-0.2, 0) is 20.9 Å². The Morgan fingerprint density at radius 3 is 2.60 bits per heavy atom. The topological polar surface area (TPSA) is 77.8 Å². The third-order valence-corrected chi connectivity index (χ3v) is 4.32. The van der Waals surface area contributed by atoms with Crippen LogP contribution in [0, 0.1) is 0 Å². The van der Waals surface area contributed by atoms with Crippen molar-refractivity contribution in [1.29, 1.82) is 0 Å². The summed E-state index contributed by atoms with van der Waals surface area (Å²) in [5, 5.41) is 1.04. The minimum Gasteiger partial charge on any atom is -0.481 e. The minimum absolute atomic E-state index is 0.0298. The Labute approximate surface area is 144 Å². The van der Waals surface area contributed by atoms with E-state index in [2.05, 4.69) is 4.74 Å². The summed E-state index contributed by atoms with van der Waals surface area (Å²) in [7, 11) is 1.28. The maximum atomic E-state index is 12.7. The molecule has 0 bridgehead atoms. The standard InChI is InChI=1S/C18H20N2O5/c1-24-17(22)12-25-15-6-4-5-14-13(15)7-10-20(18(14)23)11-16(21)19-8-2-3-9-19/h4-7,10H,2-3,8-9,11-12H2,1H3. The molecule has 7 nitrogen and oxygen atoms in total. The van der Waals surface area contributed by atoms with E-state index in [1.807, 2.05) is 0 Å². The van der Waals surface area contributed by atoms with Crippen LogP contribution in [0.3, 0.4) is 0 Å². The molecule has 7 heteroatoms. The number of benzene rings is 1. The van der Waals surface area contributed by atoms with Gasteiger partial charge < -0.3 is 18.9 Å². The SMILES string of the molecule is COC(=O)COc1cccc2c(=O)n(CC(=O)N3CCCC3)ccc12. The summed E-state index contributed by atoms with van der Waals surface area (Å²) in [5.74, 6) is -0.114. The van der Waals surface area contributed by atoms with Gasteiger partial charge in [-0.1, -0.05) is 6.07 Å². The molecule has 0 spiro atoms. The van der Waals surface area contributed by atoms with Gasteiger partial charge in [-0.25, -0.2) is 4.79 Å². The first-order valence-electron chi connectivity index (χ1n) is 8.19. The molecule has 1 amide bonds. The summed E-state index contributed by atoms with van der Waals surface area (Å²) < 4.78 is 11.4. The summed E-state index contributed by atoms with van der Waals surface area (Å²) in [6.45, 7) is 1.31. The number of methoxy groups -OCH3 is 1. The smallest absolute Gasteiger partial charge is 0.343 e. The third kappa shape index (κ3) is 3.65. The van der Waals surface area contributed by atoms with Crippen LogP contribution in [0.25, 0.3) is 10.8 Å². The molecule has 2 aromatic rings. The molecule has 1 aliphatic rings. The first-order valence-corrected chi connectivity index (χ1v) is 8.19. The molecule has 0 saturated carbocycles. The predicted molar refractivity (Wildman–Crippen MR) is 91.5 cm³/mol. The van der Waals surface area contributed by atoms with Crippen LogP contribution in [0.15, 0.2) is 35.3 Å². The van der Waals surface area contributed by atoms with E-state index in [-0.39, 0.29) is 24.6 Å². The Morgan fingerprint density at radius 1 is 1.12 bits per heavy atom. The zero-order valence-electron chi connectivity index (χ0n) is 14.1. The van der Waals surface area contributed by atoms with Gasteiger partial charge in [-0.15, -0.1) is 0 Å². The van der Waals surface area contributed by atoms with Crippen molar-refractivity contribution in [2.75, 3.05) is 26.8 Å². The van der Waals surface area contributed by atoms with Crippen LogP contribution in [0.2, 0.25) is 0 Å². The lowest BCUT2D eigenvalue weighted by atomic mass is 10.1. The van der Waals surface area contributed by atoms with Gasteiger partial charge in [0.1, 0.15) is 12.3 Å². The molecule has 0 atom stereocenters. The fourth-order valence-electron chi connectivity index (χ4n) is 2.95. The number of ether oxygens (including phenoxy) is 2. The van der Waals surface area contributed by atoms with Gasteiger partial charge in [0.05, 0.1) is 12.5 Å². The number of carbonyl (C=O) groups is 2. The first kappa shape index (κ1) is 17.0. The Balaban J connectivity index is 1.85. The number of likely N-dealkylation sites (tertiary alicyclic amines) is 1. The number of hydrogen-bond acceptors (Lipinski definition) is 5. The highest BCUT2D eigenvalue weighted by molar-refractivity contribution is 5.88. The maximum Gasteiger partial charge on any atom is 0.343 e. The second kappa shape index (κ2) is 7.38. The fourth-order valence-corrected chi connectivity index (χ4v) is 2.95. The van der Waals surface area contributed by atoms with Crippen molar-refractivity contribution < 1.29 is 19.1 Å². The molecule has 1 aliphatic heterocycles. The van der Waals surface area contributed by atoms with Gasteiger partial charge in [-0.2, -0.15) is 0 Å². The Morgan fingerprint density at radius 2 is 1.88 bits per heavy atom. The van der Waals surface area contributed by atoms with Gasteiger partial charge in [-0.3, -0.25) is 9.59 Å². The largest absolute Gasteiger partial charge is 0.481 e. The molecule has 0 N–H and O–H groups in total. The van der Waals surface area contributed by atoms with Crippen LogP contribution >= 0.6 is 0 Å². The number of carbonyl (C=O) groups excluding carboxylic acids is 2. The van der Waals surface area contributed by atoms with Crippen molar-refractivity contribution in [2.24, 2.45) is 0 Å². The first-order chi connectivity index (χ1) is 12.1. The van der Waals surface area contributed by atoms with Crippen molar-refractivity contribution >= 4 is 22.6 Å². The van der Waals surface area contributed by atoms with E-state index < -0.39 is 5.97 Å². The van der Waals surface area contributed by atoms with Crippen LogP contribution < -0.4 is 10.3 Å². The normalized spacial score (nSPS) is 13.9. The van der Waals surface area contributed by atoms with Crippen molar-refractivity contribution in [3.8, 4) is 5.75 Å². The predicted octanol–water partition coefficient (Wildman–Crippen LogP) is 1.18. The molecule has 2 heterocycles. The molecule has 1 saturated heterocycles. The van der Waals surface area contributed by atoms with Crippen molar-refractivity contribution in [2.45, 2.75) is 19.4 Å². The number of aromatic nitrogens is 1. The maximum absolute atomic E-state index is 12.7. The van der Waals surface area contributed by atoms with E-state index in [0.29, 0.717) is 16.5 Å². The van der Waals surface area contributed by atoms with Crippen molar-refractivity contribution in [3.05, 3.63) is 40.8 Å². The van der Waals surface area contributed by atoms with Crippen LogP contribution in [0.5, 0.6) is 5.75 Å². The lowest BCUT2D eigenvalue weighted by Crippen LogP contribution is -2.34. The molecule has 0 unspecified atom stereocenters. The van der Waals surface area contributed by atoms with Crippen LogP contribution in [0.4, 0.5) is 0 Å². The molecule has 3 rings (SSSR count). The van der Waals surface area contributed by atoms with Crippen molar-refractivity contribution in [1.82, 2.24) is 9.47 Å². The summed E-state index contributed by atoms with van der Waals surface area (Å²) in [5.41, 5.74) is -0.256. The average molecular weight is 344 g/mol. The Kier molecular flexibility index (Phi) is 5.02. The van der Waals surface area contributed by atoms with Crippen molar-refractivity contribution in [3.63, 3.8) is 0 Å². The van der Waals surface area contributed by atoms with E-state index in [9.17, 15) is 14.4 Å².